The largest absolute Gasteiger partial charge is 0.489 e. The van der Waals surface area contributed by atoms with Crippen LogP contribution in [-0.4, -0.2) is 68.6 Å². The smallest absolute Gasteiger partial charge is 0.332 e. The van der Waals surface area contributed by atoms with E-state index in [-0.39, 0.29) is 24.3 Å². The van der Waals surface area contributed by atoms with Crippen molar-refractivity contribution in [1.29, 1.82) is 0 Å². The minimum Gasteiger partial charge on any atom is -0.489 e. The van der Waals surface area contributed by atoms with Gasteiger partial charge in [0.2, 0.25) is 5.95 Å². The Bertz CT molecular complexity index is 1230. The van der Waals surface area contributed by atoms with Crippen molar-refractivity contribution in [3.8, 4) is 5.75 Å². The molecule has 0 amide bonds. The summed E-state index contributed by atoms with van der Waals surface area (Å²) in [6.07, 6.45) is -0.990. The van der Waals surface area contributed by atoms with Crippen LogP contribution in [-0.2, 0) is 20.6 Å². The molecule has 2 heterocycles. The predicted octanol–water partition coefficient (Wildman–Crippen LogP) is 1.15. The van der Waals surface area contributed by atoms with Gasteiger partial charge in [-0.1, -0.05) is 23.2 Å². The van der Waals surface area contributed by atoms with Crippen molar-refractivity contribution >= 4 is 40.3 Å². The molecule has 0 spiro atoms. The van der Waals surface area contributed by atoms with Gasteiger partial charge in [-0.15, -0.1) is 0 Å². The summed E-state index contributed by atoms with van der Waals surface area (Å²) < 4.78 is 9.52. The van der Waals surface area contributed by atoms with Gasteiger partial charge in [0.15, 0.2) is 11.2 Å². The Labute approximate surface area is 194 Å². The van der Waals surface area contributed by atoms with Crippen LogP contribution in [0.25, 0.3) is 11.2 Å². The first kappa shape index (κ1) is 24.1. The van der Waals surface area contributed by atoms with Crippen molar-refractivity contribution in [2.75, 3.05) is 39.1 Å². The molecule has 3 rings (SSSR count). The molecule has 0 aliphatic heterocycles. The van der Waals surface area contributed by atoms with Gasteiger partial charge in [0.05, 0.1) is 11.6 Å². The van der Waals surface area contributed by atoms with E-state index in [0.717, 1.165) is 11.1 Å². The Hall–Kier alpha value is -2.53. The second kappa shape index (κ2) is 9.95. The molecule has 0 unspecified atom stereocenters. The van der Waals surface area contributed by atoms with Gasteiger partial charge in [0.25, 0.3) is 5.56 Å². The van der Waals surface area contributed by atoms with E-state index in [1.54, 1.807) is 29.8 Å². The van der Waals surface area contributed by atoms with Crippen LogP contribution in [0.15, 0.2) is 27.8 Å². The highest BCUT2D eigenvalue weighted by molar-refractivity contribution is 6.35. The number of halogens is 2. The number of aryl methyl sites for hydroxylation is 1. The quantitative estimate of drug-likeness (QED) is 0.469. The normalized spacial score (nSPS) is 12.5. The van der Waals surface area contributed by atoms with E-state index in [1.807, 2.05) is 19.0 Å². The fraction of sp³-hybridized carbons (Fsp3) is 0.450. The number of rotatable bonds is 9. The highest BCUT2D eigenvalue weighted by Gasteiger charge is 2.21. The molecular formula is C20H26Cl2N6O4. The van der Waals surface area contributed by atoms with Crippen molar-refractivity contribution in [3.05, 3.63) is 49.1 Å². The summed E-state index contributed by atoms with van der Waals surface area (Å²) in [6.45, 7) is 1.21. The predicted molar refractivity (Wildman–Crippen MR) is 125 cm³/mol. The van der Waals surface area contributed by atoms with E-state index in [9.17, 15) is 14.7 Å². The van der Waals surface area contributed by atoms with Crippen LogP contribution in [0, 0.1) is 0 Å². The molecule has 0 aliphatic rings. The number of aromatic nitrogens is 4. The van der Waals surface area contributed by atoms with Crippen LogP contribution in [0.3, 0.4) is 0 Å². The number of fused-ring (bicyclic) bond motifs is 1. The van der Waals surface area contributed by atoms with E-state index >= 15 is 0 Å². The monoisotopic (exact) mass is 484 g/mol. The molecule has 2 N–H and O–H groups in total. The third-order valence-corrected chi connectivity index (χ3v) is 5.44. The molecular weight excluding hydrogens is 459 g/mol. The third-order valence-electron chi connectivity index (χ3n) is 4.91. The maximum Gasteiger partial charge on any atom is 0.332 e. The molecule has 1 atom stereocenters. The SMILES string of the molecule is CN(C)CCNc1nc2c(c(=O)n(C)c(=O)n2C)n1C[C@H](O)COc1ccc(Cl)cc1Cl. The number of hydrogen-bond donors (Lipinski definition) is 2. The average molecular weight is 485 g/mol. The van der Waals surface area contributed by atoms with Gasteiger partial charge in [-0.2, -0.15) is 4.98 Å². The van der Waals surface area contributed by atoms with E-state index in [2.05, 4.69) is 10.3 Å². The van der Waals surface area contributed by atoms with Crippen molar-refractivity contribution in [2.45, 2.75) is 12.6 Å². The fourth-order valence-corrected chi connectivity index (χ4v) is 3.66. The zero-order chi connectivity index (χ0) is 23.6. The minimum absolute atomic E-state index is 0.0133. The second-order valence-electron chi connectivity index (χ2n) is 7.69. The molecule has 0 aliphatic carbocycles. The Kier molecular flexibility index (Phi) is 7.50. The van der Waals surface area contributed by atoms with Crippen LogP contribution in [0.4, 0.5) is 5.95 Å². The number of imidazole rings is 1. The number of hydrogen-bond acceptors (Lipinski definition) is 7. The summed E-state index contributed by atoms with van der Waals surface area (Å²) in [5.41, 5.74) is -0.525. The summed E-state index contributed by atoms with van der Waals surface area (Å²) in [4.78, 5) is 31.6. The summed E-state index contributed by atoms with van der Waals surface area (Å²) >= 11 is 12.0. The fourth-order valence-electron chi connectivity index (χ4n) is 3.19. The van der Waals surface area contributed by atoms with Gasteiger partial charge in [0, 0.05) is 32.2 Å². The molecule has 3 aromatic rings. The van der Waals surface area contributed by atoms with Crippen molar-refractivity contribution in [3.63, 3.8) is 0 Å². The molecule has 32 heavy (non-hydrogen) atoms. The number of anilines is 1. The summed E-state index contributed by atoms with van der Waals surface area (Å²) in [5, 5.41) is 14.6. The first-order valence-electron chi connectivity index (χ1n) is 9.91. The first-order valence-corrected chi connectivity index (χ1v) is 10.7. The number of aliphatic hydroxyl groups excluding tert-OH is 1. The van der Waals surface area contributed by atoms with Gasteiger partial charge in [0.1, 0.15) is 18.5 Å². The second-order valence-corrected chi connectivity index (χ2v) is 8.54. The molecule has 0 radical (unpaired) electrons. The first-order chi connectivity index (χ1) is 15.1. The van der Waals surface area contributed by atoms with E-state index in [4.69, 9.17) is 27.9 Å². The van der Waals surface area contributed by atoms with Crippen molar-refractivity contribution in [1.82, 2.24) is 23.6 Å². The summed E-state index contributed by atoms with van der Waals surface area (Å²) in [5.74, 6) is 0.761. The number of ether oxygens (including phenoxy) is 1. The molecule has 0 saturated heterocycles. The van der Waals surface area contributed by atoms with E-state index in [1.165, 1.54) is 11.6 Å². The number of aliphatic hydroxyl groups is 1. The lowest BCUT2D eigenvalue weighted by Crippen LogP contribution is -2.38. The van der Waals surface area contributed by atoms with E-state index in [0.29, 0.717) is 28.3 Å². The minimum atomic E-state index is -0.990. The van der Waals surface area contributed by atoms with Crippen LogP contribution in [0.2, 0.25) is 10.0 Å². The Morgan fingerprint density at radius 1 is 1.22 bits per heavy atom. The van der Waals surface area contributed by atoms with Gasteiger partial charge in [-0.3, -0.25) is 13.9 Å². The maximum absolute atomic E-state index is 12.9. The van der Waals surface area contributed by atoms with Gasteiger partial charge >= 0.3 is 5.69 Å². The van der Waals surface area contributed by atoms with Gasteiger partial charge in [-0.25, -0.2) is 4.79 Å². The van der Waals surface area contributed by atoms with E-state index < -0.39 is 17.4 Å². The standard InChI is InChI=1S/C20H26Cl2N6O4/c1-25(2)8-7-23-19-24-17-16(18(30)27(4)20(31)26(17)3)28(19)10-13(29)11-32-15-6-5-12(21)9-14(15)22/h5-6,9,13,29H,7-8,10-11H2,1-4H3,(H,23,24)/t13-/m0/s1. The zero-order valence-corrected chi connectivity index (χ0v) is 19.8. The van der Waals surface area contributed by atoms with Crippen LogP contribution < -0.4 is 21.3 Å². The van der Waals surface area contributed by atoms with Crippen LogP contribution in [0.1, 0.15) is 0 Å². The van der Waals surface area contributed by atoms with Crippen LogP contribution in [0.5, 0.6) is 5.75 Å². The summed E-state index contributed by atoms with van der Waals surface area (Å²) in [6, 6.07) is 4.80. The highest BCUT2D eigenvalue weighted by Crippen LogP contribution is 2.27. The average Bonchev–Trinajstić information content (AvgIpc) is 3.08. The maximum atomic E-state index is 12.9. The highest BCUT2D eigenvalue weighted by atomic mass is 35.5. The molecule has 10 nitrogen and oxygen atoms in total. The lowest BCUT2D eigenvalue weighted by atomic mass is 10.3. The molecule has 0 bridgehead atoms. The summed E-state index contributed by atoms with van der Waals surface area (Å²) in [7, 11) is 6.83. The molecule has 0 fully saturated rings. The van der Waals surface area contributed by atoms with Crippen molar-refractivity contribution < 1.29 is 9.84 Å². The molecule has 12 heteroatoms. The number of benzene rings is 1. The zero-order valence-electron chi connectivity index (χ0n) is 18.3. The molecule has 174 valence electrons. The Balaban J connectivity index is 1.91. The third kappa shape index (κ3) is 5.09. The van der Waals surface area contributed by atoms with Gasteiger partial charge in [-0.05, 0) is 32.3 Å². The van der Waals surface area contributed by atoms with Gasteiger partial charge < -0.3 is 24.6 Å². The molecule has 1 aromatic carbocycles. The molecule has 2 aromatic heterocycles. The Morgan fingerprint density at radius 3 is 2.59 bits per heavy atom. The Morgan fingerprint density at radius 2 is 1.94 bits per heavy atom. The number of nitrogens with zero attached hydrogens (tertiary/aromatic N) is 5. The topological polar surface area (TPSA) is 107 Å². The lowest BCUT2D eigenvalue weighted by Gasteiger charge is -2.17. The number of nitrogens with one attached hydrogen (secondary N) is 1. The lowest BCUT2D eigenvalue weighted by molar-refractivity contribution is 0.0938. The molecule has 0 saturated carbocycles. The van der Waals surface area contributed by atoms with Crippen LogP contribution >= 0.6 is 23.2 Å². The number of likely N-dealkylation sites (N-methyl/N-ethyl adjacent to an activating group) is 1. The van der Waals surface area contributed by atoms with Crippen molar-refractivity contribution in [2.24, 2.45) is 14.1 Å².